The molecule has 92 valence electrons. The number of hydrogen-bond acceptors (Lipinski definition) is 3. The van der Waals surface area contributed by atoms with Crippen molar-refractivity contribution >= 4 is 5.97 Å². The number of furan rings is 1. The molecule has 3 rings (SSSR count). The molecular weight excluding hydrogens is 218 g/mol. The molecule has 0 aliphatic heterocycles. The molecular formula is C13H17NO3. The van der Waals surface area contributed by atoms with Gasteiger partial charge in [-0.2, -0.15) is 0 Å². The fraction of sp³-hybridized carbons (Fsp3) is 0.615. The minimum atomic E-state index is -0.930. The van der Waals surface area contributed by atoms with Gasteiger partial charge in [-0.05, 0) is 43.6 Å². The van der Waals surface area contributed by atoms with E-state index in [-0.39, 0.29) is 5.56 Å². The van der Waals surface area contributed by atoms with E-state index in [0.717, 1.165) is 11.8 Å². The number of carboxylic acids is 1. The molecule has 0 saturated heterocycles. The Labute approximate surface area is 100 Å². The average Bonchev–Trinajstić information content (AvgIpc) is 3.20. The number of aromatic carboxylic acids is 1. The average molecular weight is 235 g/mol. The summed E-state index contributed by atoms with van der Waals surface area (Å²) < 4.78 is 5.23. The molecule has 0 spiro atoms. The Morgan fingerprint density at radius 3 is 2.53 bits per heavy atom. The molecule has 2 aliphatic rings. The molecule has 0 bridgehead atoms. The lowest BCUT2D eigenvalue weighted by molar-refractivity contribution is 0.0696. The van der Waals surface area contributed by atoms with Crippen LogP contribution >= 0.6 is 0 Å². The van der Waals surface area contributed by atoms with Gasteiger partial charge in [0.2, 0.25) is 0 Å². The van der Waals surface area contributed by atoms with Crippen LogP contribution in [0.1, 0.15) is 41.8 Å². The molecule has 0 amide bonds. The lowest BCUT2D eigenvalue weighted by Gasteiger charge is -2.16. The first kappa shape index (κ1) is 10.8. The SMILES string of the molecule is O=C(O)c1coc(CNC(C2CC2)C2CC2)c1. The first-order valence-corrected chi connectivity index (χ1v) is 6.28. The Morgan fingerprint density at radius 1 is 1.41 bits per heavy atom. The summed E-state index contributed by atoms with van der Waals surface area (Å²) in [7, 11) is 0. The van der Waals surface area contributed by atoms with E-state index in [2.05, 4.69) is 5.32 Å². The fourth-order valence-corrected chi connectivity index (χ4v) is 2.43. The van der Waals surface area contributed by atoms with Crippen LogP contribution in [0.15, 0.2) is 16.7 Å². The Balaban J connectivity index is 1.56. The van der Waals surface area contributed by atoms with Crippen molar-refractivity contribution in [3.05, 3.63) is 23.7 Å². The van der Waals surface area contributed by atoms with Crippen LogP contribution in [0.2, 0.25) is 0 Å². The lowest BCUT2D eigenvalue weighted by Crippen LogP contribution is -2.32. The summed E-state index contributed by atoms with van der Waals surface area (Å²) in [5.41, 5.74) is 0.233. The number of hydrogen-bond donors (Lipinski definition) is 2. The predicted octanol–water partition coefficient (Wildman–Crippen LogP) is 2.26. The van der Waals surface area contributed by atoms with Gasteiger partial charge in [0.25, 0.3) is 0 Å². The maximum atomic E-state index is 10.7. The van der Waals surface area contributed by atoms with Crippen molar-refractivity contribution < 1.29 is 14.3 Å². The number of nitrogens with one attached hydrogen (secondary N) is 1. The molecule has 2 aliphatic carbocycles. The molecule has 0 unspecified atom stereocenters. The van der Waals surface area contributed by atoms with Crippen LogP contribution in [0.3, 0.4) is 0 Å². The van der Waals surface area contributed by atoms with Crippen LogP contribution in [0, 0.1) is 11.8 Å². The molecule has 1 aromatic heterocycles. The van der Waals surface area contributed by atoms with Gasteiger partial charge < -0.3 is 14.8 Å². The van der Waals surface area contributed by atoms with Gasteiger partial charge in [0.05, 0.1) is 12.1 Å². The molecule has 4 nitrogen and oxygen atoms in total. The standard InChI is InChI=1S/C13H17NO3/c15-13(16)10-5-11(17-7-10)6-14-12(8-1-2-8)9-3-4-9/h5,7-9,12,14H,1-4,6H2,(H,15,16). The smallest absolute Gasteiger partial charge is 0.338 e. The predicted molar refractivity (Wildman–Crippen MR) is 61.7 cm³/mol. The molecule has 1 heterocycles. The van der Waals surface area contributed by atoms with Gasteiger partial charge in [-0.1, -0.05) is 0 Å². The molecule has 0 aromatic carbocycles. The van der Waals surface area contributed by atoms with Gasteiger partial charge >= 0.3 is 5.97 Å². The normalized spacial score (nSPS) is 19.8. The maximum absolute atomic E-state index is 10.7. The summed E-state index contributed by atoms with van der Waals surface area (Å²) in [5, 5.41) is 12.3. The summed E-state index contributed by atoms with van der Waals surface area (Å²) in [4.78, 5) is 10.7. The largest absolute Gasteiger partial charge is 0.478 e. The molecule has 1 aromatic rings. The molecule has 17 heavy (non-hydrogen) atoms. The van der Waals surface area contributed by atoms with Crippen molar-refractivity contribution in [3.63, 3.8) is 0 Å². The third-order valence-electron chi connectivity index (χ3n) is 3.67. The second kappa shape index (κ2) is 4.18. The minimum Gasteiger partial charge on any atom is -0.478 e. The van der Waals surface area contributed by atoms with Gasteiger partial charge in [0.1, 0.15) is 12.0 Å². The van der Waals surface area contributed by atoms with E-state index in [1.165, 1.54) is 31.9 Å². The van der Waals surface area contributed by atoms with E-state index in [0.29, 0.717) is 18.3 Å². The second-order valence-electron chi connectivity index (χ2n) is 5.19. The van der Waals surface area contributed by atoms with E-state index < -0.39 is 5.97 Å². The van der Waals surface area contributed by atoms with Crippen molar-refractivity contribution in [3.8, 4) is 0 Å². The number of rotatable bonds is 6. The Morgan fingerprint density at radius 2 is 2.06 bits per heavy atom. The lowest BCUT2D eigenvalue weighted by atomic mass is 10.1. The molecule has 0 atom stereocenters. The van der Waals surface area contributed by atoms with E-state index >= 15 is 0 Å². The zero-order chi connectivity index (χ0) is 11.8. The summed E-state index contributed by atoms with van der Waals surface area (Å²) in [6.45, 7) is 0.644. The molecule has 2 N–H and O–H groups in total. The van der Waals surface area contributed by atoms with Crippen LogP contribution in [0.25, 0.3) is 0 Å². The maximum Gasteiger partial charge on any atom is 0.338 e. The van der Waals surface area contributed by atoms with Crippen molar-refractivity contribution in [2.24, 2.45) is 11.8 Å². The summed E-state index contributed by atoms with van der Waals surface area (Å²) in [6, 6.07) is 2.22. The summed E-state index contributed by atoms with van der Waals surface area (Å²) in [5.74, 6) is 1.47. The zero-order valence-electron chi connectivity index (χ0n) is 9.69. The first-order valence-electron chi connectivity index (χ1n) is 6.28. The molecule has 2 saturated carbocycles. The van der Waals surface area contributed by atoms with Crippen LogP contribution in [-0.4, -0.2) is 17.1 Å². The monoisotopic (exact) mass is 235 g/mol. The Bertz CT molecular complexity index is 406. The highest BCUT2D eigenvalue weighted by atomic mass is 16.4. The van der Waals surface area contributed by atoms with E-state index in [1.807, 2.05) is 0 Å². The third kappa shape index (κ3) is 2.52. The Hall–Kier alpha value is -1.29. The van der Waals surface area contributed by atoms with Gasteiger partial charge in [0.15, 0.2) is 0 Å². The van der Waals surface area contributed by atoms with Crippen molar-refractivity contribution in [1.29, 1.82) is 0 Å². The van der Waals surface area contributed by atoms with E-state index in [1.54, 1.807) is 6.07 Å². The van der Waals surface area contributed by atoms with Crippen LogP contribution in [0.5, 0.6) is 0 Å². The minimum absolute atomic E-state index is 0.233. The topological polar surface area (TPSA) is 62.5 Å². The van der Waals surface area contributed by atoms with Crippen LogP contribution in [0.4, 0.5) is 0 Å². The van der Waals surface area contributed by atoms with Crippen molar-refractivity contribution in [2.45, 2.75) is 38.3 Å². The highest BCUT2D eigenvalue weighted by molar-refractivity contribution is 5.87. The summed E-state index contributed by atoms with van der Waals surface area (Å²) in [6.07, 6.45) is 6.67. The number of carbonyl (C=O) groups is 1. The van der Waals surface area contributed by atoms with E-state index in [9.17, 15) is 4.79 Å². The quantitative estimate of drug-likeness (QED) is 0.794. The fourth-order valence-electron chi connectivity index (χ4n) is 2.43. The van der Waals surface area contributed by atoms with Crippen LogP contribution in [-0.2, 0) is 6.54 Å². The highest BCUT2D eigenvalue weighted by Crippen LogP contribution is 2.44. The Kier molecular flexibility index (Phi) is 2.67. The summed E-state index contributed by atoms with van der Waals surface area (Å²) >= 11 is 0. The van der Waals surface area contributed by atoms with Crippen molar-refractivity contribution in [2.75, 3.05) is 0 Å². The van der Waals surface area contributed by atoms with Crippen molar-refractivity contribution in [1.82, 2.24) is 5.32 Å². The second-order valence-corrected chi connectivity index (χ2v) is 5.19. The van der Waals surface area contributed by atoms with Gasteiger partial charge in [0, 0.05) is 6.04 Å². The third-order valence-corrected chi connectivity index (χ3v) is 3.67. The highest BCUT2D eigenvalue weighted by Gasteiger charge is 2.41. The van der Waals surface area contributed by atoms with Gasteiger partial charge in [-0.25, -0.2) is 4.79 Å². The molecule has 2 fully saturated rings. The van der Waals surface area contributed by atoms with E-state index in [4.69, 9.17) is 9.52 Å². The van der Waals surface area contributed by atoms with Gasteiger partial charge in [-0.3, -0.25) is 0 Å². The molecule has 4 heteroatoms. The van der Waals surface area contributed by atoms with Crippen LogP contribution < -0.4 is 5.32 Å². The molecule has 0 radical (unpaired) electrons. The van der Waals surface area contributed by atoms with Gasteiger partial charge in [-0.15, -0.1) is 0 Å². The number of carboxylic acid groups (broad SMARTS) is 1. The zero-order valence-corrected chi connectivity index (χ0v) is 9.69. The first-order chi connectivity index (χ1) is 8.24.